The van der Waals surface area contributed by atoms with E-state index in [0.717, 1.165) is 16.9 Å². The lowest BCUT2D eigenvalue weighted by Gasteiger charge is -2.24. The molecule has 0 N–H and O–H groups in total. The molecule has 0 saturated carbocycles. The van der Waals surface area contributed by atoms with Crippen LogP contribution in [0, 0.1) is 0 Å². The van der Waals surface area contributed by atoms with Gasteiger partial charge in [-0.3, -0.25) is 4.40 Å². The largest absolute Gasteiger partial charge is 0.299 e. The standard InChI is InChI=1S/C52H36N2/c1-52(2)45-29-38(33-21-23-34(24-22-33)47-32-54-48-20-12-9-13-35(48)26-28-49(54)53-47)25-27-39(45)42-30-43-44(31-46(42)52)51(37-16-7-4-8-17-37)41-19-11-10-18-40(41)50(43)36-14-5-3-6-15-36/h3-32H,1-2H3. The maximum Gasteiger partial charge on any atom is 0.137 e. The summed E-state index contributed by atoms with van der Waals surface area (Å²) >= 11 is 0. The third kappa shape index (κ3) is 4.56. The van der Waals surface area contributed by atoms with E-state index in [-0.39, 0.29) is 5.41 Å². The summed E-state index contributed by atoms with van der Waals surface area (Å²) in [6, 6.07) is 64.5. The summed E-state index contributed by atoms with van der Waals surface area (Å²) in [5.41, 5.74) is 17.0. The number of nitrogens with zero attached hydrogens (tertiary/aromatic N) is 2. The lowest BCUT2D eigenvalue weighted by atomic mass is 9.79. The molecule has 54 heavy (non-hydrogen) atoms. The van der Waals surface area contributed by atoms with E-state index >= 15 is 0 Å². The highest BCUT2D eigenvalue weighted by molar-refractivity contribution is 6.22. The minimum atomic E-state index is -0.180. The van der Waals surface area contributed by atoms with E-state index in [4.69, 9.17) is 4.98 Å². The van der Waals surface area contributed by atoms with Crippen molar-refractivity contribution in [2.45, 2.75) is 19.3 Å². The number of hydrogen-bond acceptors (Lipinski definition) is 1. The minimum Gasteiger partial charge on any atom is -0.299 e. The van der Waals surface area contributed by atoms with Crippen molar-refractivity contribution in [2.24, 2.45) is 0 Å². The van der Waals surface area contributed by atoms with Crippen LogP contribution in [0.4, 0.5) is 0 Å². The van der Waals surface area contributed by atoms with Crippen LogP contribution in [-0.4, -0.2) is 9.38 Å². The lowest BCUT2D eigenvalue weighted by molar-refractivity contribution is 0.661. The van der Waals surface area contributed by atoms with Crippen LogP contribution >= 0.6 is 0 Å². The maximum atomic E-state index is 4.98. The highest BCUT2D eigenvalue weighted by atomic mass is 15.0. The van der Waals surface area contributed by atoms with Gasteiger partial charge in [0.1, 0.15) is 5.65 Å². The van der Waals surface area contributed by atoms with E-state index in [2.05, 4.69) is 200 Å². The van der Waals surface area contributed by atoms with Crippen molar-refractivity contribution < 1.29 is 0 Å². The van der Waals surface area contributed by atoms with Crippen LogP contribution < -0.4 is 0 Å². The number of hydrogen-bond donors (Lipinski definition) is 0. The molecule has 0 bridgehead atoms. The minimum absolute atomic E-state index is 0.180. The summed E-state index contributed by atoms with van der Waals surface area (Å²) < 4.78 is 2.19. The summed E-state index contributed by atoms with van der Waals surface area (Å²) in [4.78, 5) is 4.98. The third-order valence-electron chi connectivity index (χ3n) is 11.8. The quantitative estimate of drug-likeness (QED) is 0.168. The van der Waals surface area contributed by atoms with Gasteiger partial charge in [-0.25, -0.2) is 4.98 Å². The van der Waals surface area contributed by atoms with Gasteiger partial charge in [-0.05, 0) is 119 Å². The zero-order chi connectivity index (χ0) is 36.0. The van der Waals surface area contributed by atoms with Gasteiger partial charge in [0, 0.05) is 17.2 Å². The van der Waals surface area contributed by atoms with E-state index in [1.807, 2.05) is 0 Å². The second kappa shape index (κ2) is 11.6. The van der Waals surface area contributed by atoms with Crippen molar-refractivity contribution in [3.63, 3.8) is 0 Å². The van der Waals surface area contributed by atoms with Crippen LogP contribution in [0.1, 0.15) is 25.0 Å². The number of pyridine rings is 1. The smallest absolute Gasteiger partial charge is 0.137 e. The van der Waals surface area contributed by atoms with E-state index in [9.17, 15) is 0 Å². The third-order valence-corrected chi connectivity index (χ3v) is 11.8. The Kier molecular flexibility index (Phi) is 6.63. The molecule has 2 heterocycles. The summed E-state index contributed by atoms with van der Waals surface area (Å²) in [6.07, 6.45) is 2.15. The number of fused-ring (bicyclic) bond motifs is 8. The molecule has 1 aliphatic carbocycles. The summed E-state index contributed by atoms with van der Waals surface area (Å²) in [6.45, 7) is 4.79. The van der Waals surface area contributed by atoms with Gasteiger partial charge in [0.05, 0.1) is 11.2 Å². The van der Waals surface area contributed by atoms with E-state index in [0.29, 0.717) is 0 Å². The fourth-order valence-corrected chi connectivity index (χ4v) is 9.10. The molecule has 0 fully saturated rings. The lowest BCUT2D eigenvalue weighted by Crippen LogP contribution is -2.15. The van der Waals surface area contributed by atoms with E-state index < -0.39 is 0 Å². The van der Waals surface area contributed by atoms with Crippen molar-refractivity contribution in [1.29, 1.82) is 0 Å². The van der Waals surface area contributed by atoms with Crippen LogP contribution in [0.2, 0.25) is 0 Å². The molecule has 0 atom stereocenters. The monoisotopic (exact) mass is 688 g/mol. The molecule has 0 saturated heterocycles. The van der Waals surface area contributed by atoms with Gasteiger partial charge in [-0.2, -0.15) is 0 Å². The number of rotatable bonds is 4. The maximum absolute atomic E-state index is 4.98. The Morgan fingerprint density at radius 1 is 0.426 bits per heavy atom. The molecule has 2 aromatic heterocycles. The van der Waals surface area contributed by atoms with Gasteiger partial charge < -0.3 is 0 Å². The van der Waals surface area contributed by atoms with Gasteiger partial charge in [0.25, 0.3) is 0 Å². The zero-order valence-electron chi connectivity index (χ0n) is 30.2. The predicted molar refractivity (Wildman–Crippen MR) is 227 cm³/mol. The Bertz CT molecular complexity index is 3100. The van der Waals surface area contributed by atoms with E-state index in [1.165, 1.54) is 88.1 Å². The zero-order valence-corrected chi connectivity index (χ0v) is 30.2. The first-order valence-corrected chi connectivity index (χ1v) is 18.8. The number of para-hydroxylation sites is 1. The molecule has 11 rings (SSSR count). The highest BCUT2D eigenvalue weighted by Crippen LogP contribution is 2.54. The topological polar surface area (TPSA) is 17.3 Å². The first kappa shape index (κ1) is 30.8. The molecule has 0 spiro atoms. The summed E-state index contributed by atoms with van der Waals surface area (Å²) in [7, 11) is 0. The van der Waals surface area contributed by atoms with Gasteiger partial charge >= 0.3 is 0 Å². The Balaban J connectivity index is 1.05. The average molecular weight is 689 g/mol. The van der Waals surface area contributed by atoms with Crippen LogP contribution in [0.15, 0.2) is 182 Å². The SMILES string of the molecule is CC1(C)c2cc(-c3ccc(-c4cn5c(ccc6ccccc65)n4)cc3)ccc2-c2cc3c(-c4ccccc4)c4ccccc4c(-c4ccccc4)c3cc21. The molecular weight excluding hydrogens is 653 g/mol. The Morgan fingerprint density at radius 2 is 1.00 bits per heavy atom. The van der Waals surface area contributed by atoms with Gasteiger partial charge in [0.15, 0.2) is 0 Å². The first-order valence-electron chi connectivity index (χ1n) is 18.8. The molecule has 0 radical (unpaired) electrons. The Hall–Kier alpha value is -6.77. The fraction of sp³-hybridized carbons (Fsp3) is 0.0577. The molecule has 0 aliphatic heterocycles. The molecule has 2 nitrogen and oxygen atoms in total. The Morgan fingerprint density at radius 3 is 1.70 bits per heavy atom. The molecule has 254 valence electrons. The second-order valence-corrected chi connectivity index (χ2v) is 15.2. The van der Waals surface area contributed by atoms with Crippen molar-refractivity contribution in [2.75, 3.05) is 0 Å². The first-order chi connectivity index (χ1) is 26.5. The fourth-order valence-electron chi connectivity index (χ4n) is 9.10. The molecule has 2 heteroatoms. The molecule has 0 unspecified atom stereocenters. The number of benzene rings is 8. The number of imidazole rings is 1. The van der Waals surface area contributed by atoms with Crippen LogP contribution in [0.3, 0.4) is 0 Å². The van der Waals surface area contributed by atoms with Gasteiger partial charge in [-0.15, -0.1) is 0 Å². The van der Waals surface area contributed by atoms with E-state index in [1.54, 1.807) is 0 Å². The van der Waals surface area contributed by atoms with Crippen LogP contribution in [-0.2, 0) is 5.41 Å². The summed E-state index contributed by atoms with van der Waals surface area (Å²) in [5.74, 6) is 0. The second-order valence-electron chi connectivity index (χ2n) is 15.2. The highest BCUT2D eigenvalue weighted by Gasteiger charge is 2.37. The normalized spacial score (nSPS) is 13.1. The van der Waals surface area contributed by atoms with Crippen molar-refractivity contribution in [3.8, 4) is 55.8 Å². The van der Waals surface area contributed by atoms with Crippen LogP contribution in [0.5, 0.6) is 0 Å². The predicted octanol–water partition coefficient (Wildman–Crippen LogP) is 13.8. The molecule has 0 amide bonds. The summed E-state index contributed by atoms with van der Waals surface area (Å²) in [5, 5.41) is 6.37. The molecule has 10 aromatic rings. The molecule has 8 aromatic carbocycles. The molecule has 1 aliphatic rings. The average Bonchev–Trinajstić information content (AvgIpc) is 3.76. The van der Waals surface area contributed by atoms with Gasteiger partial charge in [-0.1, -0.05) is 153 Å². The van der Waals surface area contributed by atoms with Crippen molar-refractivity contribution >= 4 is 38.1 Å². The Labute approximate surface area is 314 Å². The van der Waals surface area contributed by atoms with Gasteiger partial charge in [0.2, 0.25) is 0 Å². The number of aromatic nitrogens is 2. The van der Waals surface area contributed by atoms with Crippen molar-refractivity contribution in [1.82, 2.24) is 9.38 Å². The van der Waals surface area contributed by atoms with Crippen LogP contribution in [0.25, 0.3) is 93.9 Å². The van der Waals surface area contributed by atoms with Crippen molar-refractivity contribution in [3.05, 3.63) is 193 Å². The molecular formula is C52H36N2.